The maximum Gasteiger partial charge on any atom is 0.243 e. The quantitative estimate of drug-likeness (QED) is 0.275. The van der Waals surface area contributed by atoms with Crippen LogP contribution in [-0.4, -0.2) is 59.4 Å². The molecule has 10 nitrogen and oxygen atoms in total. The summed E-state index contributed by atoms with van der Waals surface area (Å²) >= 11 is 0. The third-order valence-corrected chi connectivity index (χ3v) is 10.2. The van der Waals surface area contributed by atoms with Gasteiger partial charge in [-0.2, -0.15) is 4.31 Å². The van der Waals surface area contributed by atoms with E-state index in [-0.39, 0.29) is 63.5 Å². The number of fused-ring (bicyclic) bond motifs is 3. The monoisotopic (exact) mass is 580 g/mol. The normalized spacial score (nSPS) is 22.5. The number of hydrogen-bond acceptors (Lipinski definition) is 9. The Bertz CT molecular complexity index is 1680. The second kappa shape index (κ2) is 9.85. The fourth-order valence-electron chi connectivity index (χ4n) is 5.84. The molecule has 41 heavy (non-hydrogen) atoms. The lowest BCUT2D eigenvalue weighted by Crippen LogP contribution is -2.46. The Labute approximate surface area is 238 Å². The van der Waals surface area contributed by atoms with E-state index in [1.54, 1.807) is 31.2 Å². The molecule has 1 saturated heterocycles. The molecule has 1 fully saturated rings. The van der Waals surface area contributed by atoms with Crippen molar-refractivity contribution in [2.45, 2.75) is 63.8 Å². The summed E-state index contributed by atoms with van der Waals surface area (Å²) in [4.78, 5) is 39.8. The number of aryl methyl sites for hydroxylation is 1. The lowest BCUT2D eigenvalue weighted by molar-refractivity contribution is -0.123. The van der Waals surface area contributed by atoms with E-state index >= 15 is 0 Å². The molecule has 11 heteroatoms. The number of allylic oxidation sites excluding steroid dienone is 4. The summed E-state index contributed by atoms with van der Waals surface area (Å²) in [6.07, 6.45) is 2.10. The number of carbonyl (C=O) groups excluding carboxylic acids is 3. The van der Waals surface area contributed by atoms with Gasteiger partial charge in [-0.1, -0.05) is 17.7 Å². The molecule has 0 amide bonds. The first kappa shape index (κ1) is 28.6. The zero-order valence-corrected chi connectivity index (χ0v) is 24.3. The summed E-state index contributed by atoms with van der Waals surface area (Å²) < 4.78 is 33.4. The van der Waals surface area contributed by atoms with Crippen LogP contribution in [-0.2, 0) is 25.0 Å². The third kappa shape index (κ3) is 4.34. The minimum Gasteiger partial charge on any atom is -0.507 e. The van der Waals surface area contributed by atoms with Gasteiger partial charge >= 0.3 is 0 Å². The number of ketones is 3. The van der Waals surface area contributed by atoms with Crippen LogP contribution in [0.25, 0.3) is 0 Å². The molecule has 0 unspecified atom stereocenters. The van der Waals surface area contributed by atoms with Crippen molar-refractivity contribution in [3.63, 3.8) is 0 Å². The third-order valence-electron chi connectivity index (χ3n) is 8.29. The van der Waals surface area contributed by atoms with Crippen LogP contribution in [0.15, 0.2) is 52.3 Å². The number of ether oxygens (including phenoxy) is 1. The molecule has 1 atom stereocenters. The first-order valence-corrected chi connectivity index (χ1v) is 14.8. The van der Waals surface area contributed by atoms with E-state index < -0.39 is 38.5 Å². The van der Waals surface area contributed by atoms with Crippen LogP contribution in [0.2, 0.25) is 0 Å². The topological polar surface area (TPSA) is 150 Å². The van der Waals surface area contributed by atoms with Crippen LogP contribution in [0, 0.1) is 13.8 Å². The molecule has 1 aliphatic carbocycles. The number of rotatable bonds is 5. The Kier molecular flexibility index (Phi) is 6.86. The summed E-state index contributed by atoms with van der Waals surface area (Å²) in [6.45, 7) is 8.22. The number of hydrogen-bond donors (Lipinski definition) is 3. The van der Waals surface area contributed by atoms with Gasteiger partial charge in [0.15, 0.2) is 17.3 Å². The number of piperidine rings is 1. The number of phenolic OH excluding ortho intramolecular Hbond substituents is 2. The van der Waals surface area contributed by atoms with Crippen molar-refractivity contribution in [1.29, 1.82) is 0 Å². The van der Waals surface area contributed by atoms with E-state index in [1.807, 2.05) is 6.92 Å². The van der Waals surface area contributed by atoms with Crippen LogP contribution >= 0.6 is 0 Å². The van der Waals surface area contributed by atoms with E-state index in [2.05, 4.69) is 5.32 Å². The van der Waals surface area contributed by atoms with Gasteiger partial charge in [0, 0.05) is 36.5 Å². The molecule has 5 rings (SSSR count). The smallest absolute Gasteiger partial charge is 0.243 e. The second-order valence-electron chi connectivity index (χ2n) is 11.0. The average molecular weight is 581 g/mol. The first-order valence-electron chi connectivity index (χ1n) is 13.3. The minimum absolute atomic E-state index is 0.0254. The average Bonchev–Trinajstić information content (AvgIpc) is 3.20. The predicted octanol–water partition coefficient (Wildman–Crippen LogP) is 3.32. The van der Waals surface area contributed by atoms with Gasteiger partial charge in [0.2, 0.25) is 10.0 Å². The standard InChI is InChI=1S/C30H32N2O8S/c1-15-6-8-20(9-7-15)41(38,39)32-12-10-19(11-13-32)31-17(3)23-21(34)14-22-30(5,29(23)37)25-27(36)16(2)26(35)24(18(4)33)28(25)40-22/h6-9,14,19,31,35-36H,10-13H2,1-5H3/b23-17+/t30-/m0/s1. The van der Waals surface area contributed by atoms with Gasteiger partial charge in [-0.3, -0.25) is 14.4 Å². The molecule has 0 saturated carbocycles. The van der Waals surface area contributed by atoms with Crippen molar-refractivity contribution in [2.75, 3.05) is 13.1 Å². The number of benzene rings is 2. The number of phenols is 2. The van der Waals surface area contributed by atoms with Crippen molar-refractivity contribution in [3.8, 4) is 17.2 Å². The molecule has 0 bridgehead atoms. The van der Waals surface area contributed by atoms with Gasteiger partial charge in [-0.05, 0) is 59.6 Å². The molecular weight excluding hydrogens is 548 g/mol. The molecule has 0 aromatic heterocycles. The Hall–Kier alpha value is -3.96. The summed E-state index contributed by atoms with van der Waals surface area (Å²) in [7, 11) is -3.64. The lowest BCUT2D eigenvalue weighted by Gasteiger charge is -2.33. The van der Waals surface area contributed by atoms with Gasteiger partial charge < -0.3 is 20.3 Å². The molecule has 3 aliphatic rings. The molecule has 216 valence electrons. The highest BCUT2D eigenvalue weighted by Gasteiger charge is 2.56. The Morgan fingerprint density at radius 2 is 1.66 bits per heavy atom. The predicted molar refractivity (Wildman–Crippen MR) is 149 cm³/mol. The molecule has 2 aliphatic heterocycles. The van der Waals surface area contributed by atoms with Gasteiger partial charge in [0.1, 0.15) is 34.0 Å². The van der Waals surface area contributed by atoms with Crippen molar-refractivity contribution in [1.82, 2.24) is 9.62 Å². The summed E-state index contributed by atoms with van der Waals surface area (Å²) in [5, 5.41) is 24.7. The molecular formula is C30H32N2O8S. The van der Waals surface area contributed by atoms with Gasteiger partial charge in [0.25, 0.3) is 0 Å². The number of sulfonamides is 1. The Morgan fingerprint density at radius 3 is 2.24 bits per heavy atom. The van der Waals surface area contributed by atoms with Gasteiger partial charge in [-0.25, -0.2) is 8.42 Å². The van der Waals surface area contributed by atoms with Crippen LogP contribution in [0.1, 0.15) is 60.7 Å². The van der Waals surface area contributed by atoms with Crippen molar-refractivity contribution in [2.24, 2.45) is 0 Å². The van der Waals surface area contributed by atoms with Crippen molar-refractivity contribution in [3.05, 3.63) is 69.6 Å². The van der Waals surface area contributed by atoms with E-state index in [0.717, 1.165) is 5.56 Å². The number of nitrogens with one attached hydrogen (secondary N) is 1. The van der Waals surface area contributed by atoms with Crippen molar-refractivity contribution >= 4 is 27.4 Å². The summed E-state index contributed by atoms with van der Waals surface area (Å²) in [6, 6.07) is 6.52. The molecule has 0 radical (unpaired) electrons. The zero-order valence-electron chi connectivity index (χ0n) is 23.5. The molecule has 3 N–H and O–H groups in total. The minimum atomic E-state index is -3.64. The van der Waals surface area contributed by atoms with Gasteiger partial charge in [-0.15, -0.1) is 0 Å². The summed E-state index contributed by atoms with van der Waals surface area (Å²) in [5.74, 6) is -2.73. The van der Waals surface area contributed by atoms with E-state index in [1.165, 1.54) is 31.2 Å². The van der Waals surface area contributed by atoms with E-state index in [4.69, 9.17) is 4.74 Å². The SMILES string of the molecule is CC(=O)c1c(O)c(C)c(O)c2c1OC1=CC(=O)/C(=C(/C)NC3CCN(S(=O)(=O)c4ccc(C)cc4)CC3)C(=O)[C@@]12C. The fraction of sp³-hybridized carbons (Fsp3) is 0.367. The Morgan fingerprint density at radius 1 is 1.05 bits per heavy atom. The van der Waals surface area contributed by atoms with Crippen LogP contribution < -0.4 is 10.1 Å². The maximum absolute atomic E-state index is 14.0. The largest absolute Gasteiger partial charge is 0.507 e. The second-order valence-corrected chi connectivity index (χ2v) is 13.0. The number of carbonyl (C=O) groups is 3. The maximum atomic E-state index is 14.0. The van der Waals surface area contributed by atoms with Crippen LogP contribution in [0.5, 0.6) is 17.2 Å². The van der Waals surface area contributed by atoms with E-state index in [0.29, 0.717) is 18.5 Å². The van der Waals surface area contributed by atoms with Crippen LogP contribution in [0.4, 0.5) is 0 Å². The first-order chi connectivity index (χ1) is 19.2. The summed E-state index contributed by atoms with van der Waals surface area (Å²) in [5.41, 5.74) is -0.532. The zero-order chi connectivity index (χ0) is 30.0. The molecule has 2 aromatic rings. The number of nitrogens with zero attached hydrogens (tertiary/aromatic N) is 1. The Balaban J connectivity index is 1.41. The van der Waals surface area contributed by atoms with Crippen LogP contribution in [0.3, 0.4) is 0 Å². The molecule has 2 heterocycles. The fourth-order valence-corrected chi connectivity index (χ4v) is 7.31. The van der Waals surface area contributed by atoms with Crippen molar-refractivity contribution < 1.29 is 37.8 Å². The highest BCUT2D eigenvalue weighted by molar-refractivity contribution is 7.89. The highest BCUT2D eigenvalue weighted by Crippen LogP contribution is 2.57. The molecule has 2 aromatic carbocycles. The van der Waals surface area contributed by atoms with E-state index in [9.17, 15) is 33.0 Å². The number of aromatic hydroxyl groups is 2. The molecule has 0 spiro atoms. The highest BCUT2D eigenvalue weighted by atomic mass is 32.2. The van der Waals surface area contributed by atoms with Gasteiger partial charge in [0.05, 0.1) is 16.0 Å². The lowest BCUT2D eigenvalue weighted by atomic mass is 9.70. The number of Topliss-reactive ketones (excluding diaryl/α,β-unsaturated/α-hetero) is 2.